The first kappa shape index (κ1) is 15.8. The number of phenolic OH excluding ortho intramolecular Hbond substituents is 2. The zero-order valence-corrected chi connectivity index (χ0v) is 11.4. The van der Waals surface area contributed by atoms with E-state index in [4.69, 9.17) is 0 Å². The van der Waals surface area contributed by atoms with Gasteiger partial charge in [0, 0.05) is 12.1 Å². The number of carbonyl (C=O) groups is 2. The van der Waals surface area contributed by atoms with Gasteiger partial charge in [0.15, 0.2) is 5.78 Å². The second kappa shape index (κ2) is 6.48. The Bertz CT molecular complexity index is 419. The van der Waals surface area contributed by atoms with Gasteiger partial charge in [-0.2, -0.15) is 0 Å². The largest absolute Gasteiger partial charge is 1.00 e. The minimum atomic E-state index is -1.44. The van der Waals surface area contributed by atoms with Crippen molar-refractivity contribution in [2.24, 2.45) is 0 Å². The van der Waals surface area contributed by atoms with Gasteiger partial charge in [-0.1, -0.05) is 0 Å². The van der Waals surface area contributed by atoms with Crippen molar-refractivity contribution in [3.63, 3.8) is 0 Å². The molecular weight excluding hydrogens is 239 g/mol. The molecule has 2 N–H and O–H groups in total. The van der Waals surface area contributed by atoms with E-state index < -0.39 is 29.9 Å². The van der Waals surface area contributed by atoms with E-state index >= 15 is 0 Å². The molecule has 0 radical (unpaired) electrons. The van der Waals surface area contributed by atoms with E-state index in [1.807, 2.05) is 0 Å². The van der Waals surface area contributed by atoms with Gasteiger partial charge in [-0.25, -0.2) is 0 Å². The molecule has 0 fully saturated rings. The van der Waals surface area contributed by atoms with Crippen LogP contribution in [0.3, 0.4) is 0 Å². The quantitative estimate of drug-likeness (QED) is 0.421. The summed E-state index contributed by atoms with van der Waals surface area (Å²) >= 11 is 0. The molecule has 6 nitrogen and oxygen atoms in total. The molecule has 0 saturated carbocycles. The maximum absolute atomic E-state index is 11.0. The fourth-order valence-electron chi connectivity index (χ4n) is 1.17. The van der Waals surface area contributed by atoms with Crippen molar-refractivity contribution in [1.82, 2.24) is 0 Å². The third-order valence-electron chi connectivity index (χ3n) is 1.78. The zero-order chi connectivity index (χ0) is 12.3. The van der Waals surface area contributed by atoms with Gasteiger partial charge >= 0.3 is 29.6 Å². The van der Waals surface area contributed by atoms with Crippen molar-refractivity contribution in [3.05, 3.63) is 17.7 Å². The molecule has 1 aromatic carbocycles. The van der Waals surface area contributed by atoms with Gasteiger partial charge in [-0.3, -0.25) is 4.79 Å². The van der Waals surface area contributed by atoms with E-state index in [1.165, 1.54) is 6.92 Å². The maximum atomic E-state index is 11.0. The van der Waals surface area contributed by atoms with E-state index in [0.717, 1.165) is 12.1 Å². The third-order valence-corrected chi connectivity index (χ3v) is 1.78. The molecule has 0 bridgehead atoms. The Morgan fingerprint density at radius 3 is 2.12 bits per heavy atom. The summed E-state index contributed by atoms with van der Waals surface area (Å²) < 4.78 is 4.67. The Kier molecular flexibility index (Phi) is 6.01. The summed E-state index contributed by atoms with van der Waals surface area (Å²) in [7, 11) is 0. The predicted molar refractivity (Wildman–Crippen MR) is 50.3 cm³/mol. The summed E-state index contributed by atoms with van der Waals surface area (Å²) in [6.07, 6.45) is 0. The number of aliphatic carboxylic acids is 1. The smallest absolute Gasteiger partial charge is 0.546 e. The second-order valence-corrected chi connectivity index (χ2v) is 3.05. The minimum absolute atomic E-state index is 0. The van der Waals surface area contributed by atoms with Crippen molar-refractivity contribution < 1.29 is 59.2 Å². The van der Waals surface area contributed by atoms with Crippen LogP contribution in [0.15, 0.2) is 12.1 Å². The fraction of sp³-hybridized carbons (Fsp3) is 0.200. The molecule has 0 aliphatic rings. The number of ether oxygens (including phenoxy) is 1. The SMILES string of the molecule is CC(=O)c1c(O)cc(OCC(=O)[O-])cc1O.[Na+]. The monoisotopic (exact) mass is 248 g/mol. The van der Waals surface area contributed by atoms with Gasteiger partial charge < -0.3 is 24.9 Å². The Morgan fingerprint density at radius 1 is 1.29 bits per heavy atom. The van der Waals surface area contributed by atoms with E-state index in [1.54, 1.807) is 0 Å². The van der Waals surface area contributed by atoms with Crippen LogP contribution in [0.4, 0.5) is 0 Å². The summed E-state index contributed by atoms with van der Waals surface area (Å²) in [6, 6.07) is 2.08. The molecule has 1 aromatic rings. The van der Waals surface area contributed by atoms with Crippen molar-refractivity contribution >= 4 is 11.8 Å². The van der Waals surface area contributed by atoms with Gasteiger partial charge in [0.25, 0.3) is 0 Å². The zero-order valence-electron chi connectivity index (χ0n) is 9.39. The van der Waals surface area contributed by atoms with E-state index in [0.29, 0.717) is 0 Å². The molecule has 0 aliphatic heterocycles. The molecule has 0 unspecified atom stereocenters. The average Bonchev–Trinajstić information content (AvgIpc) is 2.12. The number of carboxylic acid groups (broad SMARTS) is 1. The number of carbonyl (C=O) groups excluding carboxylic acids is 2. The molecule has 0 atom stereocenters. The average molecular weight is 248 g/mol. The Balaban J connectivity index is 0.00000256. The van der Waals surface area contributed by atoms with Gasteiger partial charge in [-0.15, -0.1) is 0 Å². The topological polar surface area (TPSA) is 107 Å². The number of ketones is 1. The van der Waals surface area contributed by atoms with Gasteiger partial charge in [-0.05, 0) is 6.92 Å². The van der Waals surface area contributed by atoms with Crippen LogP contribution >= 0.6 is 0 Å². The number of rotatable bonds is 4. The van der Waals surface area contributed by atoms with Crippen LogP contribution in [-0.4, -0.2) is 28.6 Å². The van der Waals surface area contributed by atoms with Crippen LogP contribution in [0.25, 0.3) is 0 Å². The first-order chi connectivity index (χ1) is 7.41. The summed E-state index contributed by atoms with van der Waals surface area (Å²) in [5.41, 5.74) is -0.235. The van der Waals surface area contributed by atoms with Crippen molar-refractivity contribution in [2.75, 3.05) is 6.61 Å². The van der Waals surface area contributed by atoms with E-state index in [2.05, 4.69) is 4.74 Å². The first-order valence-corrected chi connectivity index (χ1v) is 4.31. The standard InChI is InChI=1S/C10H10O6.Na/c1-5(11)10-7(12)2-6(3-8(10)13)16-4-9(14)15;/h2-3,12-13H,4H2,1H3,(H,14,15);/q;+1/p-1. The fourth-order valence-corrected chi connectivity index (χ4v) is 1.17. The molecule has 0 saturated heterocycles. The van der Waals surface area contributed by atoms with E-state index in [-0.39, 0.29) is 40.9 Å². The summed E-state index contributed by atoms with van der Waals surface area (Å²) in [5.74, 6) is -2.96. The Labute approximate surface area is 119 Å². The van der Waals surface area contributed by atoms with Crippen molar-refractivity contribution in [1.29, 1.82) is 0 Å². The molecule has 0 aliphatic carbocycles. The maximum Gasteiger partial charge on any atom is 1.00 e. The molecular formula is C10H9NaO6. The van der Waals surface area contributed by atoms with E-state index in [9.17, 15) is 24.9 Å². The first-order valence-electron chi connectivity index (χ1n) is 4.31. The molecule has 7 heteroatoms. The van der Waals surface area contributed by atoms with Crippen molar-refractivity contribution in [3.8, 4) is 17.2 Å². The van der Waals surface area contributed by atoms with Crippen LogP contribution in [0, 0.1) is 0 Å². The van der Waals surface area contributed by atoms with Gasteiger partial charge in [0.05, 0.1) is 5.97 Å². The normalized spacial score (nSPS) is 9.24. The number of aromatic hydroxyl groups is 2. The van der Waals surface area contributed by atoms with Gasteiger partial charge in [0.1, 0.15) is 29.4 Å². The Hall–Kier alpha value is -1.24. The molecule has 0 spiro atoms. The van der Waals surface area contributed by atoms with Crippen LogP contribution < -0.4 is 39.4 Å². The summed E-state index contributed by atoms with van der Waals surface area (Å²) in [4.78, 5) is 21.1. The number of hydrogen-bond donors (Lipinski definition) is 2. The van der Waals surface area contributed by atoms with Crippen LogP contribution in [0.1, 0.15) is 17.3 Å². The molecule has 0 heterocycles. The summed E-state index contributed by atoms with van der Waals surface area (Å²) in [5, 5.41) is 28.9. The van der Waals surface area contributed by atoms with Gasteiger partial charge in [0.2, 0.25) is 0 Å². The third kappa shape index (κ3) is 4.26. The van der Waals surface area contributed by atoms with Crippen LogP contribution in [0.2, 0.25) is 0 Å². The molecule has 0 aromatic heterocycles. The minimum Gasteiger partial charge on any atom is -0.546 e. The number of phenols is 2. The number of Topliss-reactive ketones (excluding diaryl/α,β-unsaturated/α-hetero) is 1. The molecule has 0 amide bonds. The molecule has 1 rings (SSSR count). The second-order valence-electron chi connectivity index (χ2n) is 3.05. The Morgan fingerprint density at radius 2 is 1.76 bits per heavy atom. The van der Waals surface area contributed by atoms with Crippen LogP contribution in [-0.2, 0) is 4.79 Å². The number of carboxylic acids is 1. The number of benzene rings is 1. The van der Waals surface area contributed by atoms with Crippen LogP contribution in [0.5, 0.6) is 17.2 Å². The molecule has 17 heavy (non-hydrogen) atoms. The van der Waals surface area contributed by atoms with Crippen molar-refractivity contribution in [2.45, 2.75) is 6.92 Å². The summed E-state index contributed by atoms with van der Waals surface area (Å²) in [6.45, 7) is 0.467. The predicted octanol–water partition coefficient (Wildman–Crippen LogP) is -3.57. The number of hydrogen-bond acceptors (Lipinski definition) is 6. The molecule has 86 valence electrons.